The molecule has 0 saturated heterocycles. The van der Waals surface area contributed by atoms with Gasteiger partial charge in [0.25, 0.3) is 0 Å². The van der Waals surface area contributed by atoms with Gasteiger partial charge in [-0.15, -0.1) is 12.4 Å². The van der Waals surface area contributed by atoms with Gasteiger partial charge in [-0.1, -0.05) is 36.4 Å². The number of rotatable bonds is 7. The first-order valence-corrected chi connectivity index (χ1v) is 8.29. The van der Waals surface area contributed by atoms with Crippen molar-refractivity contribution in [3.8, 4) is 5.75 Å². The highest BCUT2D eigenvalue weighted by molar-refractivity contribution is 9.10. The van der Waals surface area contributed by atoms with Crippen LogP contribution >= 0.6 is 28.3 Å². The molecule has 0 aliphatic rings. The normalized spacial score (nSPS) is 10.2. The first-order valence-electron chi connectivity index (χ1n) is 7.49. The Bertz CT molecular complexity index is 732. The Hall–Kier alpha value is -1.75. The fourth-order valence-electron chi connectivity index (χ4n) is 2.25. The van der Waals surface area contributed by atoms with Crippen LogP contribution in [0.4, 0.5) is 0 Å². The van der Waals surface area contributed by atoms with Crippen molar-refractivity contribution in [2.45, 2.75) is 19.7 Å². The summed E-state index contributed by atoms with van der Waals surface area (Å²) in [5.74, 6) is 1.79. The third-order valence-corrected chi connectivity index (χ3v) is 4.06. The van der Waals surface area contributed by atoms with Crippen molar-refractivity contribution < 1.29 is 9.15 Å². The Morgan fingerprint density at radius 3 is 2.46 bits per heavy atom. The zero-order valence-electron chi connectivity index (χ0n) is 13.1. The van der Waals surface area contributed by atoms with Gasteiger partial charge in [0.15, 0.2) is 0 Å². The number of hydrogen-bond acceptors (Lipinski definition) is 3. The molecule has 0 aliphatic carbocycles. The summed E-state index contributed by atoms with van der Waals surface area (Å²) in [6, 6.07) is 20.1. The van der Waals surface area contributed by atoms with Gasteiger partial charge in [-0.25, -0.2) is 0 Å². The van der Waals surface area contributed by atoms with Crippen molar-refractivity contribution in [3.63, 3.8) is 0 Å². The van der Waals surface area contributed by atoms with Gasteiger partial charge in [0.05, 0.1) is 17.3 Å². The smallest absolute Gasteiger partial charge is 0.134 e. The third-order valence-electron chi connectivity index (χ3n) is 3.44. The van der Waals surface area contributed by atoms with Crippen molar-refractivity contribution in [2.75, 3.05) is 0 Å². The quantitative estimate of drug-likeness (QED) is 0.573. The molecule has 2 aromatic carbocycles. The van der Waals surface area contributed by atoms with Crippen molar-refractivity contribution in [3.05, 3.63) is 88.3 Å². The largest absolute Gasteiger partial charge is 0.488 e. The lowest BCUT2D eigenvalue weighted by Gasteiger charge is -2.10. The van der Waals surface area contributed by atoms with E-state index in [0.717, 1.165) is 34.6 Å². The maximum Gasteiger partial charge on any atom is 0.134 e. The van der Waals surface area contributed by atoms with E-state index in [1.807, 2.05) is 36.4 Å². The van der Waals surface area contributed by atoms with E-state index in [9.17, 15) is 0 Å². The van der Waals surface area contributed by atoms with E-state index >= 15 is 0 Å². The Labute approximate surface area is 156 Å². The predicted molar refractivity (Wildman–Crippen MR) is 101 cm³/mol. The van der Waals surface area contributed by atoms with E-state index < -0.39 is 0 Å². The minimum absolute atomic E-state index is 0. The predicted octanol–water partition coefficient (Wildman–Crippen LogP) is 5.33. The van der Waals surface area contributed by atoms with Crippen LogP contribution in [0, 0.1) is 0 Å². The second-order valence-corrected chi connectivity index (χ2v) is 6.08. The monoisotopic (exact) mass is 407 g/mol. The second-order valence-electron chi connectivity index (χ2n) is 5.22. The summed E-state index contributed by atoms with van der Waals surface area (Å²) in [5, 5.41) is 3.35. The molecule has 1 aromatic heterocycles. The van der Waals surface area contributed by atoms with Crippen LogP contribution in [0.15, 0.2) is 75.8 Å². The SMILES string of the molecule is Brc1cc(CNCc2ccco2)ccc1OCc1ccccc1.Cl. The molecule has 1 heterocycles. The van der Waals surface area contributed by atoms with Crippen LogP contribution in [0.1, 0.15) is 16.9 Å². The van der Waals surface area contributed by atoms with E-state index in [2.05, 4.69) is 45.5 Å². The van der Waals surface area contributed by atoms with Gasteiger partial charge in [-0.2, -0.15) is 0 Å². The minimum Gasteiger partial charge on any atom is -0.488 e. The van der Waals surface area contributed by atoms with Crippen LogP contribution in [0.25, 0.3) is 0 Å². The summed E-state index contributed by atoms with van der Waals surface area (Å²) >= 11 is 3.58. The van der Waals surface area contributed by atoms with Crippen molar-refractivity contribution in [2.24, 2.45) is 0 Å². The zero-order valence-corrected chi connectivity index (χ0v) is 15.5. The Morgan fingerprint density at radius 2 is 1.75 bits per heavy atom. The number of nitrogens with one attached hydrogen (secondary N) is 1. The summed E-state index contributed by atoms with van der Waals surface area (Å²) in [4.78, 5) is 0. The molecule has 1 N–H and O–H groups in total. The minimum atomic E-state index is 0. The number of halogens is 2. The lowest BCUT2D eigenvalue weighted by atomic mass is 10.2. The molecule has 0 atom stereocenters. The third kappa shape index (κ3) is 5.41. The van der Waals surface area contributed by atoms with Gasteiger partial charge in [0, 0.05) is 6.54 Å². The highest BCUT2D eigenvalue weighted by Gasteiger charge is 2.04. The van der Waals surface area contributed by atoms with E-state index in [0.29, 0.717) is 6.61 Å². The molecular weight excluding hydrogens is 390 g/mol. The first kappa shape index (κ1) is 18.6. The Kier molecular flexibility index (Phi) is 7.37. The zero-order chi connectivity index (χ0) is 15.9. The molecule has 0 unspecified atom stereocenters. The van der Waals surface area contributed by atoms with Crippen molar-refractivity contribution >= 4 is 28.3 Å². The Morgan fingerprint density at radius 1 is 0.917 bits per heavy atom. The fraction of sp³-hybridized carbons (Fsp3) is 0.158. The molecule has 0 bridgehead atoms. The molecule has 0 aliphatic heterocycles. The molecule has 3 nitrogen and oxygen atoms in total. The summed E-state index contributed by atoms with van der Waals surface area (Å²) in [7, 11) is 0. The van der Waals surface area contributed by atoms with Crippen LogP contribution in [-0.4, -0.2) is 0 Å². The van der Waals surface area contributed by atoms with Crippen molar-refractivity contribution in [1.82, 2.24) is 5.32 Å². The molecule has 5 heteroatoms. The number of hydrogen-bond donors (Lipinski definition) is 1. The molecule has 0 saturated carbocycles. The number of ether oxygens (including phenoxy) is 1. The second kappa shape index (κ2) is 9.52. The van der Waals surface area contributed by atoms with E-state index in [1.54, 1.807) is 6.26 Å². The van der Waals surface area contributed by atoms with Gasteiger partial charge in [0.1, 0.15) is 18.1 Å². The summed E-state index contributed by atoms with van der Waals surface area (Å²) in [6.07, 6.45) is 1.69. The van der Waals surface area contributed by atoms with Crippen molar-refractivity contribution in [1.29, 1.82) is 0 Å². The summed E-state index contributed by atoms with van der Waals surface area (Å²) in [5.41, 5.74) is 2.35. The molecule has 0 fully saturated rings. The lowest BCUT2D eigenvalue weighted by molar-refractivity contribution is 0.304. The van der Waals surface area contributed by atoms with Crippen LogP contribution in [0.5, 0.6) is 5.75 Å². The topological polar surface area (TPSA) is 34.4 Å². The maximum atomic E-state index is 5.86. The first-order chi connectivity index (χ1) is 11.3. The van der Waals surface area contributed by atoms with Crippen LogP contribution in [-0.2, 0) is 19.7 Å². The molecule has 126 valence electrons. The number of benzene rings is 2. The van der Waals surface area contributed by atoms with Gasteiger partial charge >= 0.3 is 0 Å². The standard InChI is InChI=1S/C19H18BrNO2.ClH/c20-18-11-16(12-21-13-17-7-4-10-22-17)8-9-19(18)23-14-15-5-2-1-3-6-15;/h1-11,21H,12-14H2;1H. The lowest BCUT2D eigenvalue weighted by Crippen LogP contribution is -2.12. The van der Waals surface area contributed by atoms with E-state index in [-0.39, 0.29) is 12.4 Å². The molecular formula is C19H19BrClNO2. The van der Waals surface area contributed by atoms with E-state index in [4.69, 9.17) is 9.15 Å². The van der Waals surface area contributed by atoms with E-state index in [1.165, 1.54) is 5.56 Å². The van der Waals surface area contributed by atoms with Gasteiger partial charge in [-0.05, 0) is 51.3 Å². The van der Waals surface area contributed by atoms with Crippen LogP contribution < -0.4 is 10.1 Å². The average Bonchev–Trinajstić information content (AvgIpc) is 3.08. The van der Waals surface area contributed by atoms with Crippen LogP contribution in [0.2, 0.25) is 0 Å². The summed E-state index contributed by atoms with van der Waals surface area (Å²) < 4.78 is 12.1. The summed E-state index contributed by atoms with van der Waals surface area (Å²) in [6.45, 7) is 2.06. The average molecular weight is 409 g/mol. The fourth-order valence-corrected chi connectivity index (χ4v) is 2.79. The van der Waals surface area contributed by atoms with Gasteiger partial charge in [0.2, 0.25) is 0 Å². The molecule has 0 amide bonds. The molecule has 3 aromatic rings. The molecule has 0 radical (unpaired) electrons. The highest BCUT2D eigenvalue weighted by Crippen LogP contribution is 2.26. The molecule has 0 spiro atoms. The molecule has 24 heavy (non-hydrogen) atoms. The van der Waals surface area contributed by atoms with Gasteiger partial charge in [-0.3, -0.25) is 0 Å². The maximum absolute atomic E-state index is 5.86. The Balaban J connectivity index is 0.00000208. The van der Waals surface area contributed by atoms with Crippen LogP contribution in [0.3, 0.4) is 0 Å². The van der Waals surface area contributed by atoms with Gasteiger partial charge < -0.3 is 14.5 Å². The molecule has 3 rings (SSSR count). The highest BCUT2D eigenvalue weighted by atomic mass is 79.9. The number of furan rings is 1.